The van der Waals surface area contributed by atoms with E-state index < -0.39 is 11.6 Å². The van der Waals surface area contributed by atoms with Crippen LogP contribution < -0.4 is 0 Å². The summed E-state index contributed by atoms with van der Waals surface area (Å²) >= 11 is 5.93. The number of amides is 1. The molecule has 0 N–H and O–H groups in total. The minimum atomic E-state index is -1.02. The van der Waals surface area contributed by atoms with Crippen LogP contribution in [0.25, 0.3) is 5.69 Å². The maximum absolute atomic E-state index is 13.4. The van der Waals surface area contributed by atoms with Crippen molar-refractivity contribution in [2.75, 3.05) is 26.2 Å². The molecule has 0 atom stereocenters. The summed E-state index contributed by atoms with van der Waals surface area (Å²) in [6.07, 6.45) is 0. The van der Waals surface area contributed by atoms with E-state index in [1.54, 1.807) is 21.7 Å². The van der Waals surface area contributed by atoms with Crippen molar-refractivity contribution in [1.82, 2.24) is 30.0 Å². The van der Waals surface area contributed by atoms with Crippen molar-refractivity contribution >= 4 is 17.5 Å². The lowest BCUT2D eigenvalue weighted by atomic mass is 10.1. The number of hydrogen-bond donors (Lipinski definition) is 0. The van der Waals surface area contributed by atoms with Crippen LogP contribution in [0, 0.1) is 11.6 Å². The van der Waals surface area contributed by atoms with E-state index in [1.165, 1.54) is 6.07 Å². The molecule has 1 fully saturated rings. The first-order valence-electron chi connectivity index (χ1n) is 9.01. The standard InChI is InChI=1S/C19H17ClF2N6O/c20-14-2-4-15(5-3-14)28-18(23-24-25-28)12-26-7-9-27(10-8-26)19(29)13-1-6-16(21)17(22)11-13/h1-6,11H,7-10,12H2. The van der Waals surface area contributed by atoms with Crippen molar-refractivity contribution in [3.05, 3.63) is 70.5 Å². The van der Waals surface area contributed by atoms with Crippen molar-refractivity contribution in [2.24, 2.45) is 0 Å². The number of carbonyl (C=O) groups is 1. The minimum absolute atomic E-state index is 0.143. The Bertz CT molecular complexity index is 1020. The van der Waals surface area contributed by atoms with Gasteiger partial charge in [-0.15, -0.1) is 5.10 Å². The van der Waals surface area contributed by atoms with Crippen LogP contribution in [0.4, 0.5) is 8.78 Å². The fraction of sp³-hybridized carbons (Fsp3) is 0.263. The van der Waals surface area contributed by atoms with Gasteiger partial charge in [0.2, 0.25) is 0 Å². The van der Waals surface area contributed by atoms with Gasteiger partial charge in [0.15, 0.2) is 17.5 Å². The number of aromatic nitrogens is 4. The van der Waals surface area contributed by atoms with Crippen LogP contribution in [-0.4, -0.2) is 62.1 Å². The van der Waals surface area contributed by atoms with Crippen molar-refractivity contribution < 1.29 is 13.6 Å². The van der Waals surface area contributed by atoms with Crippen LogP contribution in [0.3, 0.4) is 0 Å². The van der Waals surface area contributed by atoms with Crippen molar-refractivity contribution in [3.8, 4) is 5.69 Å². The third kappa shape index (κ3) is 4.25. The highest BCUT2D eigenvalue weighted by molar-refractivity contribution is 6.30. The predicted octanol–water partition coefficient (Wildman–Crippen LogP) is 2.55. The summed E-state index contributed by atoms with van der Waals surface area (Å²) in [6.45, 7) is 2.69. The molecular weight excluding hydrogens is 402 g/mol. The summed E-state index contributed by atoms with van der Waals surface area (Å²) < 4.78 is 28.1. The Balaban J connectivity index is 1.38. The summed E-state index contributed by atoms with van der Waals surface area (Å²) in [6, 6.07) is 10.4. The third-order valence-corrected chi connectivity index (χ3v) is 5.05. The normalized spacial score (nSPS) is 14.9. The van der Waals surface area contributed by atoms with Gasteiger partial charge in [0, 0.05) is 36.8 Å². The van der Waals surface area contributed by atoms with Gasteiger partial charge in [-0.25, -0.2) is 8.78 Å². The van der Waals surface area contributed by atoms with Crippen LogP contribution in [0.15, 0.2) is 42.5 Å². The first kappa shape index (κ1) is 19.4. The second-order valence-corrected chi connectivity index (χ2v) is 7.12. The van der Waals surface area contributed by atoms with Crippen LogP contribution in [0.1, 0.15) is 16.2 Å². The van der Waals surface area contributed by atoms with Gasteiger partial charge in [-0.2, -0.15) is 4.68 Å². The molecule has 1 aliphatic rings. The van der Waals surface area contributed by atoms with E-state index in [9.17, 15) is 13.6 Å². The molecule has 2 heterocycles. The molecule has 1 aromatic heterocycles. The fourth-order valence-corrected chi connectivity index (χ4v) is 3.33. The second-order valence-electron chi connectivity index (χ2n) is 6.68. The largest absolute Gasteiger partial charge is 0.336 e. The van der Waals surface area contributed by atoms with Crippen LogP contribution in [0.2, 0.25) is 5.02 Å². The third-order valence-electron chi connectivity index (χ3n) is 4.80. The molecule has 0 bridgehead atoms. The van der Waals surface area contributed by atoms with Gasteiger partial charge in [-0.1, -0.05) is 11.6 Å². The molecule has 7 nitrogen and oxygen atoms in total. The molecule has 3 aromatic rings. The van der Waals surface area contributed by atoms with Gasteiger partial charge in [-0.3, -0.25) is 9.69 Å². The number of hydrogen-bond acceptors (Lipinski definition) is 5. The molecule has 0 spiro atoms. The van der Waals surface area contributed by atoms with E-state index in [0.717, 1.165) is 17.8 Å². The number of rotatable bonds is 4. The lowest BCUT2D eigenvalue weighted by Crippen LogP contribution is -2.48. The van der Waals surface area contributed by atoms with Gasteiger partial charge in [0.1, 0.15) is 0 Å². The highest BCUT2D eigenvalue weighted by Gasteiger charge is 2.24. The van der Waals surface area contributed by atoms with E-state index in [4.69, 9.17) is 11.6 Å². The lowest BCUT2D eigenvalue weighted by molar-refractivity contribution is 0.0624. The Morgan fingerprint density at radius 1 is 1.00 bits per heavy atom. The molecule has 10 heteroatoms. The summed E-state index contributed by atoms with van der Waals surface area (Å²) in [7, 11) is 0. The van der Waals surface area contributed by atoms with E-state index in [0.29, 0.717) is 43.6 Å². The zero-order valence-corrected chi connectivity index (χ0v) is 16.1. The number of carbonyl (C=O) groups excluding carboxylic acids is 1. The zero-order valence-electron chi connectivity index (χ0n) is 15.3. The summed E-state index contributed by atoms with van der Waals surface area (Å²) in [4.78, 5) is 16.3. The molecular formula is C19H17ClF2N6O. The lowest BCUT2D eigenvalue weighted by Gasteiger charge is -2.34. The van der Waals surface area contributed by atoms with E-state index in [1.807, 2.05) is 12.1 Å². The molecule has 29 heavy (non-hydrogen) atoms. The topological polar surface area (TPSA) is 67.2 Å². The van der Waals surface area contributed by atoms with Crippen LogP contribution in [-0.2, 0) is 6.54 Å². The van der Waals surface area contributed by atoms with Gasteiger partial charge < -0.3 is 4.90 Å². The number of piperazine rings is 1. The van der Waals surface area contributed by atoms with E-state index >= 15 is 0 Å². The van der Waals surface area contributed by atoms with Gasteiger partial charge >= 0.3 is 0 Å². The highest BCUT2D eigenvalue weighted by atomic mass is 35.5. The molecule has 0 radical (unpaired) electrons. The first-order chi connectivity index (χ1) is 14.0. The zero-order chi connectivity index (χ0) is 20.4. The summed E-state index contributed by atoms with van der Waals surface area (Å²) in [5, 5.41) is 12.5. The van der Waals surface area contributed by atoms with Gasteiger partial charge in [-0.05, 0) is 52.9 Å². The van der Waals surface area contributed by atoms with Crippen LogP contribution >= 0.6 is 11.6 Å². The Morgan fingerprint density at radius 2 is 1.72 bits per heavy atom. The Hall–Kier alpha value is -2.91. The van der Waals surface area contributed by atoms with Gasteiger partial charge in [0.25, 0.3) is 5.91 Å². The van der Waals surface area contributed by atoms with E-state index in [2.05, 4.69) is 20.4 Å². The van der Waals surface area contributed by atoms with Crippen molar-refractivity contribution in [1.29, 1.82) is 0 Å². The summed E-state index contributed by atoms with van der Waals surface area (Å²) in [5.41, 5.74) is 0.950. The monoisotopic (exact) mass is 418 g/mol. The fourth-order valence-electron chi connectivity index (χ4n) is 3.21. The Labute approximate surface area is 170 Å². The molecule has 2 aromatic carbocycles. The molecule has 0 unspecified atom stereocenters. The second kappa shape index (κ2) is 8.22. The van der Waals surface area contributed by atoms with Gasteiger partial charge in [0.05, 0.1) is 12.2 Å². The maximum Gasteiger partial charge on any atom is 0.254 e. The Morgan fingerprint density at radius 3 is 2.41 bits per heavy atom. The number of benzene rings is 2. The molecule has 4 rings (SSSR count). The predicted molar refractivity (Wildman–Crippen MR) is 102 cm³/mol. The quantitative estimate of drug-likeness (QED) is 0.651. The molecule has 1 amide bonds. The molecule has 150 valence electrons. The van der Waals surface area contributed by atoms with Crippen LogP contribution in [0.5, 0.6) is 0 Å². The average molecular weight is 419 g/mol. The number of halogens is 3. The van der Waals surface area contributed by atoms with Crippen molar-refractivity contribution in [2.45, 2.75) is 6.54 Å². The summed E-state index contributed by atoms with van der Waals surface area (Å²) in [5.74, 6) is -1.63. The molecule has 0 saturated carbocycles. The maximum atomic E-state index is 13.4. The molecule has 0 aliphatic carbocycles. The SMILES string of the molecule is O=C(c1ccc(F)c(F)c1)N1CCN(Cc2nnnn2-c2ccc(Cl)cc2)CC1. The van der Waals surface area contributed by atoms with Crippen molar-refractivity contribution in [3.63, 3.8) is 0 Å². The average Bonchev–Trinajstić information content (AvgIpc) is 3.19. The smallest absolute Gasteiger partial charge is 0.254 e. The van der Waals surface area contributed by atoms with E-state index in [-0.39, 0.29) is 11.5 Å². The Kier molecular flexibility index (Phi) is 5.50. The molecule has 1 saturated heterocycles. The highest BCUT2D eigenvalue weighted by Crippen LogP contribution is 2.16. The number of tetrazole rings is 1. The minimum Gasteiger partial charge on any atom is -0.336 e. The first-order valence-corrected chi connectivity index (χ1v) is 9.39. The number of nitrogens with zero attached hydrogens (tertiary/aromatic N) is 6. The molecule has 1 aliphatic heterocycles.